The summed E-state index contributed by atoms with van der Waals surface area (Å²) in [4.78, 5) is 0. The summed E-state index contributed by atoms with van der Waals surface area (Å²) in [5, 5.41) is 0. The van der Waals surface area contributed by atoms with Gasteiger partial charge in [0.25, 0.3) is 0 Å². The predicted octanol–water partition coefficient (Wildman–Crippen LogP) is 4.85. The molecule has 2 aromatic rings. The third kappa shape index (κ3) is 2.52. The van der Waals surface area contributed by atoms with Gasteiger partial charge in [0.05, 0.1) is 7.11 Å². The quantitative estimate of drug-likeness (QED) is 0.820. The maximum Gasteiger partial charge on any atom is 0.122 e. The first kappa shape index (κ1) is 14.5. The third-order valence-corrected chi connectivity index (χ3v) is 4.27. The molecule has 0 aromatic heterocycles. The van der Waals surface area contributed by atoms with Crippen LogP contribution in [-0.2, 0) is 0 Å². The van der Waals surface area contributed by atoms with Crippen molar-refractivity contribution in [2.75, 3.05) is 12.8 Å². The molecule has 1 unspecified atom stereocenters. The Morgan fingerprint density at radius 3 is 2.55 bits per heavy atom. The molecule has 2 N–H and O–H groups in total. The van der Waals surface area contributed by atoms with Crippen molar-refractivity contribution >= 4 is 5.69 Å². The molecule has 112 valence electrons. The van der Waals surface area contributed by atoms with Gasteiger partial charge in [-0.05, 0) is 30.5 Å². The number of methoxy groups -OCH3 is 1. The normalized spacial score (nSPS) is 16.7. The maximum absolute atomic E-state index is 6.56. The van der Waals surface area contributed by atoms with Gasteiger partial charge in [0, 0.05) is 22.7 Å². The van der Waals surface area contributed by atoms with Crippen LogP contribution >= 0.6 is 0 Å². The molecule has 1 aliphatic rings. The number of nitrogen functional groups attached to an aromatic ring is 1. The molecule has 0 radical (unpaired) electrons. The van der Waals surface area contributed by atoms with E-state index in [2.05, 4.69) is 49.4 Å². The van der Waals surface area contributed by atoms with Gasteiger partial charge in [-0.3, -0.25) is 0 Å². The second-order valence-corrected chi connectivity index (χ2v) is 5.60. The summed E-state index contributed by atoms with van der Waals surface area (Å²) in [6.07, 6.45) is 9.52. The largest absolute Gasteiger partial charge is 0.496 e. The molecule has 3 rings (SSSR count). The van der Waals surface area contributed by atoms with Crippen LogP contribution < -0.4 is 10.5 Å². The van der Waals surface area contributed by atoms with E-state index in [0.717, 1.165) is 40.1 Å². The summed E-state index contributed by atoms with van der Waals surface area (Å²) in [5.74, 6) is 1.20. The summed E-state index contributed by atoms with van der Waals surface area (Å²) in [5.41, 5.74) is 11.9. The minimum Gasteiger partial charge on any atom is -0.496 e. The van der Waals surface area contributed by atoms with E-state index < -0.39 is 0 Å². The van der Waals surface area contributed by atoms with E-state index in [0.29, 0.717) is 5.92 Å². The number of nitrogens with two attached hydrogens (primary N) is 1. The lowest BCUT2D eigenvalue weighted by Gasteiger charge is -2.22. The van der Waals surface area contributed by atoms with Gasteiger partial charge in [0.2, 0.25) is 0 Å². The van der Waals surface area contributed by atoms with Crippen LogP contribution in [0.1, 0.15) is 23.5 Å². The Balaban J connectivity index is 2.20. The van der Waals surface area contributed by atoms with E-state index >= 15 is 0 Å². The lowest BCUT2D eigenvalue weighted by atomic mass is 9.86. The summed E-state index contributed by atoms with van der Waals surface area (Å²) < 4.78 is 5.60. The van der Waals surface area contributed by atoms with Gasteiger partial charge >= 0.3 is 0 Å². The monoisotopic (exact) mass is 291 g/mol. The minimum atomic E-state index is 0.307. The zero-order chi connectivity index (χ0) is 15.5. The first-order valence-electron chi connectivity index (χ1n) is 7.58. The molecule has 0 saturated carbocycles. The van der Waals surface area contributed by atoms with Crippen LogP contribution in [0, 0.1) is 6.92 Å². The highest BCUT2D eigenvalue weighted by molar-refractivity contribution is 5.84. The molecule has 2 nitrogen and oxygen atoms in total. The Hall–Kier alpha value is -2.48. The molecular weight excluding hydrogens is 270 g/mol. The van der Waals surface area contributed by atoms with Gasteiger partial charge in [-0.15, -0.1) is 0 Å². The van der Waals surface area contributed by atoms with Crippen molar-refractivity contribution in [2.24, 2.45) is 0 Å². The van der Waals surface area contributed by atoms with Gasteiger partial charge < -0.3 is 10.5 Å². The van der Waals surface area contributed by atoms with Crippen LogP contribution in [0.4, 0.5) is 5.69 Å². The molecule has 1 atom stereocenters. The fourth-order valence-corrected chi connectivity index (χ4v) is 3.10. The molecule has 0 amide bonds. The average molecular weight is 291 g/mol. The standard InChI is InChI=1S/C20H21NO/c1-14-18(22-2)13-17(15-9-5-3-6-10-15)20(21)19(14)16-11-7-4-8-12-16/h3-9,11-13,15H,10,21H2,1-2H3. The summed E-state index contributed by atoms with van der Waals surface area (Å²) in [6.45, 7) is 2.07. The number of benzene rings is 2. The smallest absolute Gasteiger partial charge is 0.122 e. The van der Waals surface area contributed by atoms with E-state index in [1.807, 2.05) is 18.2 Å². The fourth-order valence-electron chi connectivity index (χ4n) is 3.10. The number of allylic oxidation sites excluding steroid dienone is 4. The molecule has 0 heterocycles. The van der Waals surface area contributed by atoms with Crippen LogP contribution in [0.2, 0.25) is 0 Å². The van der Waals surface area contributed by atoms with E-state index in [4.69, 9.17) is 10.5 Å². The molecule has 22 heavy (non-hydrogen) atoms. The van der Waals surface area contributed by atoms with Crippen molar-refractivity contribution in [2.45, 2.75) is 19.3 Å². The van der Waals surface area contributed by atoms with Crippen LogP contribution in [-0.4, -0.2) is 7.11 Å². The zero-order valence-corrected chi connectivity index (χ0v) is 13.0. The van der Waals surface area contributed by atoms with Gasteiger partial charge in [0.1, 0.15) is 5.75 Å². The van der Waals surface area contributed by atoms with Crippen molar-refractivity contribution in [3.63, 3.8) is 0 Å². The van der Waals surface area contributed by atoms with Crippen molar-refractivity contribution < 1.29 is 4.74 Å². The lowest BCUT2D eigenvalue weighted by molar-refractivity contribution is 0.411. The number of hydrogen-bond donors (Lipinski definition) is 1. The molecule has 2 heteroatoms. The highest BCUT2D eigenvalue weighted by atomic mass is 16.5. The van der Waals surface area contributed by atoms with E-state index in [1.54, 1.807) is 7.11 Å². The first-order chi connectivity index (χ1) is 10.7. The van der Waals surface area contributed by atoms with Gasteiger partial charge in [0.15, 0.2) is 0 Å². The molecule has 0 saturated heterocycles. The molecular formula is C20H21NO. The maximum atomic E-state index is 6.56. The predicted molar refractivity (Wildman–Crippen MR) is 93.2 cm³/mol. The molecule has 0 fully saturated rings. The lowest BCUT2D eigenvalue weighted by Crippen LogP contribution is -2.06. The van der Waals surface area contributed by atoms with Crippen LogP contribution in [0.15, 0.2) is 60.7 Å². The summed E-state index contributed by atoms with van der Waals surface area (Å²) in [7, 11) is 1.72. The topological polar surface area (TPSA) is 35.2 Å². The minimum absolute atomic E-state index is 0.307. The average Bonchev–Trinajstić information content (AvgIpc) is 2.57. The molecule has 2 aromatic carbocycles. The van der Waals surface area contributed by atoms with Gasteiger partial charge in [-0.25, -0.2) is 0 Å². The summed E-state index contributed by atoms with van der Waals surface area (Å²) >= 11 is 0. The van der Waals surface area contributed by atoms with E-state index in [-0.39, 0.29) is 0 Å². The number of ether oxygens (including phenoxy) is 1. The van der Waals surface area contributed by atoms with Crippen molar-refractivity contribution in [1.29, 1.82) is 0 Å². The zero-order valence-electron chi connectivity index (χ0n) is 13.0. The highest BCUT2D eigenvalue weighted by Crippen LogP contribution is 2.42. The van der Waals surface area contributed by atoms with Crippen LogP contribution in [0.25, 0.3) is 11.1 Å². The van der Waals surface area contributed by atoms with Crippen molar-refractivity contribution in [3.8, 4) is 16.9 Å². The number of rotatable bonds is 3. The molecule has 0 aliphatic heterocycles. The number of anilines is 1. The Morgan fingerprint density at radius 2 is 1.91 bits per heavy atom. The SMILES string of the molecule is COc1cc(C2C=CC=CC2)c(N)c(-c2ccccc2)c1C. The Morgan fingerprint density at radius 1 is 1.14 bits per heavy atom. The van der Waals surface area contributed by atoms with E-state index in [9.17, 15) is 0 Å². The Labute approximate surface area is 131 Å². The van der Waals surface area contributed by atoms with Gasteiger partial charge in [-0.2, -0.15) is 0 Å². The Kier molecular flexibility index (Phi) is 4.01. The Bertz CT molecular complexity index is 729. The molecule has 1 aliphatic carbocycles. The van der Waals surface area contributed by atoms with Crippen molar-refractivity contribution in [3.05, 3.63) is 71.8 Å². The molecule has 0 bridgehead atoms. The second-order valence-electron chi connectivity index (χ2n) is 5.60. The second kappa shape index (κ2) is 6.10. The summed E-state index contributed by atoms with van der Waals surface area (Å²) in [6, 6.07) is 12.4. The number of hydrogen-bond acceptors (Lipinski definition) is 2. The fraction of sp³-hybridized carbons (Fsp3) is 0.200. The van der Waals surface area contributed by atoms with E-state index in [1.165, 1.54) is 0 Å². The third-order valence-electron chi connectivity index (χ3n) is 4.27. The van der Waals surface area contributed by atoms with Gasteiger partial charge in [-0.1, -0.05) is 54.6 Å². The highest BCUT2D eigenvalue weighted by Gasteiger charge is 2.20. The first-order valence-corrected chi connectivity index (χ1v) is 7.58. The van der Waals surface area contributed by atoms with Crippen molar-refractivity contribution in [1.82, 2.24) is 0 Å². The van der Waals surface area contributed by atoms with Crippen LogP contribution in [0.3, 0.4) is 0 Å². The van der Waals surface area contributed by atoms with Crippen LogP contribution in [0.5, 0.6) is 5.75 Å². The molecule has 0 spiro atoms.